The molecule has 1 aromatic rings. The number of nitrogens with zero attached hydrogens (tertiary/aromatic N) is 2. The van der Waals surface area contributed by atoms with Gasteiger partial charge < -0.3 is 10.6 Å². The quantitative estimate of drug-likeness (QED) is 0.870. The molecule has 1 aromatic heterocycles. The molecule has 0 bridgehead atoms. The van der Waals surface area contributed by atoms with Crippen molar-refractivity contribution in [2.75, 3.05) is 6.54 Å². The fourth-order valence-corrected chi connectivity index (χ4v) is 5.67. The van der Waals surface area contributed by atoms with E-state index in [1.54, 1.807) is 0 Å². The molecule has 4 nitrogen and oxygen atoms in total. The number of hydrogen-bond donors (Lipinski definition) is 1. The van der Waals surface area contributed by atoms with Crippen molar-refractivity contribution in [3.63, 3.8) is 0 Å². The van der Waals surface area contributed by atoms with Gasteiger partial charge in [-0.2, -0.15) is 0 Å². The molecular formula is C23H35N3O. The minimum Gasteiger partial charge on any atom is -0.337 e. The molecule has 2 N–H and O–H groups in total. The van der Waals surface area contributed by atoms with Gasteiger partial charge in [0.2, 0.25) is 5.91 Å². The van der Waals surface area contributed by atoms with Crippen molar-refractivity contribution in [2.24, 2.45) is 17.1 Å². The van der Waals surface area contributed by atoms with Crippen molar-refractivity contribution < 1.29 is 4.79 Å². The predicted octanol–water partition coefficient (Wildman–Crippen LogP) is 4.17. The molecule has 0 aromatic carbocycles. The van der Waals surface area contributed by atoms with Crippen molar-refractivity contribution in [3.8, 4) is 0 Å². The molecule has 2 fully saturated rings. The fraction of sp³-hybridized carbons (Fsp3) is 0.739. The monoisotopic (exact) mass is 369 g/mol. The van der Waals surface area contributed by atoms with Gasteiger partial charge in [0.15, 0.2) is 0 Å². The zero-order valence-electron chi connectivity index (χ0n) is 17.0. The average molecular weight is 370 g/mol. The number of carbonyl (C=O) groups excluding carboxylic acids is 1. The van der Waals surface area contributed by atoms with Crippen LogP contribution in [-0.4, -0.2) is 28.4 Å². The van der Waals surface area contributed by atoms with E-state index in [0.29, 0.717) is 17.7 Å². The standard InChI is InChI=1S/C23H35N3O/c1-16(2)23(10-8-20(24)13-23)22(27)26-11-9-21-19(15-26)12-18(14-25-21)17-6-4-3-5-7-17/h12,14,16-17,20H,3-11,13,15,24H2,1-2H3. The Morgan fingerprint density at radius 2 is 2.04 bits per heavy atom. The van der Waals surface area contributed by atoms with E-state index in [0.717, 1.165) is 38.8 Å². The van der Waals surface area contributed by atoms with Crippen molar-refractivity contribution in [3.05, 3.63) is 29.1 Å². The summed E-state index contributed by atoms with van der Waals surface area (Å²) in [6.07, 6.45) is 12.4. The van der Waals surface area contributed by atoms with Gasteiger partial charge in [0, 0.05) is 37.4 Å². The minimum atomic E-state index is -0.259. The number of fused-ring (bicyclic) bond motifs is 1. The lowest BCUT2D eigenvalue weighted by atomic mass is 9.74. The highest BCUT2D eigenvalue weighted by Crippen LogP contribution is 2.46. The summed E-state index contributed by atoms with van der Waals surface area (Å²) in [6.45, 7) is 5.91. The molecule has 2 aliphatic carbocycles. The average Bonchev–Trinajstić information content (AvgIpc) is 3.10. The van der Waals surface area contributed by atoms with Gasteiger partial charge in [-0.1, -0.05) is 39.2 Å². The molecule has 1 amide bonds. The number of aromatic nitrogens is 1. The Balaban J connectivity index is 1.54. The number of pyridine rings is 1. The summed E-state index contributed by atoms with van der Waals surface area (Å²) in [5.41, 5.74) is 9.82. The van der Waals surface area contributed by atoms with Crippen LogP contribution in [0, 0.1) is 11.3 Å². The Hall–Kier alpha value is -1.42. The van der Waals surface area contributed by atoms with Crippen LogP contribution in [0.3, 0.4) is 0 Å². The first kappa shape index (κ1) is 18.9. The summed E-state index contributed by atoms with van der Waals surface area (Å²) in [6, 6.07) is 2.54. The Morgan fingerprint density at radius 3 is 2.70 bits per heavy atom. The largest absolute Gasteiger partial charge is 0.337 e. The van der Waals surface area contributed by atoms with Crippen LogP contribution in [0.25, 0.3) is 0 Å². The van der Waals surface area contributed by atoms with Gasteiger partial charge in [-0.05, 0) is 55.1 Å². The highest BCUT2D eigenvalue weighted by atomic mass is 16.2. The van der Waals surface area contributed by atoms with Crippen LogP contribution in [-0.2, 0) is 17.8 Å². The zero-order chi connectivity index (χ0) is 19.0. The molecule has 4 heteroatoms. The highest BCUT2D eigenvalue weighted by molar-refractivity contribution is 5.83. The Labute approximate surface area is 163 Å². The molecule has 2 heterocycles. The van der Waals surface area contributed by atoms with Gasteiger partial charge in [0.25, 0.3) is 0 Å². The lowest BCUT2D eigenvalue weighted by Gasteiger charge is -2.39. The topological polar surface area (TPSA) is 59.2 Å². The molecule has 3 aliphatic rings. The van der Waals surface area contributed by atoms with Crippen LogP contribution in [0.4, 0.5) is 0 Å². The summed E-state index contributed by atoms with van der Waals surface area (Å²) in [5.74, 6) is 1.34. The maximum atomic E-state index is 13.6. The maximum absolute atomic E-state index is 13.6. The minimum absolute atomic E-state index is 0.174. The molecule has 0 saturated heterocycles. The van der Waals surface area contributed by atoms with Gasteiger partial charge in [-0.3, -0.25) is 9.78 Å². The first-order valence-electron chi connectivity index (χ1n) is 11.0. The third kappa shape index (κ3) is 3.53. The molecule has 148 valence electrons. The summed E-state index contributed by atoms with van der Waals surface area (Å²) in [4.78, 5) is 20.5. The Morgan fingerprint density at radius 1 is 1.26 bits per heavy atom. The second-order valence-corrected chi connectivity index (χ2v) is 9.50. The van der Waals surface area contributed by atoms with Crippen LogP contribution >= 0.6 is 0 Å². The molecule has 0 radical (unpaired) electrons. The zero-order valence-corrected chi connectivity index (χ0v) is 17.0. The van der Waals surface area contributed by atoms with E-state index < -0.39 is 0 Å². The Bertz CT molecular complexity index is 695. The third-order valence-electron chi connectivity index (χ3n) is 7.54. The van der Waals surface area contributed by atoms with Crippen LogP contribution in [0.1, 0.15) is 88.0 Å². The van der Waals surface area contributed by atoms with E-state index in [9.17, 15) is 4.79 Å². The second-order valence-electron chi connectivity index (χ2n) is 9.50. The normalized spacial score (nSPS) is 29.2. The van der Waals surface area contributed by atoms with Gasteiger partial charge >= 0.3 is 0 Å². The van der Waals surface area contributed by atoms with Crippen LogP contribution in [0.5, 0.6) is 0 Å². The van der Waals surface area contributed by atoms with E-state index in [2.05, 4.69) is 31.0 Å². The second kappa shape index (κ2) is 7.54. The lowest BCUT2D eigenvalue weighted by molar-refractivity contribution is -0.145. The summed E-state index contributed by atoms with van der Waals surface area (Å²) >= 11 is 0. The first-order valence-corrected chi connectivity index (χ1v) is 11.0. The van der Waals surface area contributed by atoms with Crippen LogP contribution < -0.4 is 5.73 Å². The maximum Gasteiger partial charge on any atom is 0.229 e. The Kier molecular flexibility index (Phi) is 5.28. The van der Waals surface area contributed by atoms with E-state index in [1.807, 2.05) is 0 Å². The molecule has 4 rings (SSSR count). The van der Waals surface area contributed by atoms with Crippen LogP contribution in [0.2, 0.25) is 0 Å². The van der Waals surface area contributed by atoms with E-state index in [4.69, 9.17) is 10.7 Å². The summed E-state index contributed by atoms with van der Waals surface area (Å²) in [5, 5.41) is 0. The molecule has 2 saturated carbocycles. The SMILES string of the molecule is CC(C)C1(C(=O)N2CCc3ncc(C4CCCCC4)cc3C2)CCC(N)C1. The predicted molar refractivity (Wildman–Crippen MR) is 108 cm³/mol. The number of hydrogen-bond acceptors (Lipinski definition) is 3. The molecule has 1 aliphatic heterocycles. The van der Waals surface area contributed by atoms with E-state index in [-0.39, 0.29) is 11.5 Å². The summed E-state index contributed by atoms with van der Waals surface area (Å²) in [7, 11) is 0. The van der Waals surface area contributed by atoms with Gasteiger partial charge in [-0.25, -0.2) is 0 Å². The fourth-order valence-electron chi connectivity index (χ4n) is 5.67. The number of amides is 1. The smallest absolute Gasteiger partial charge is 0.229 e. The number of carbonyl (C=O) groups is 1. The van der Waals surface area contributed by atoms with E-state index in [1.165, 1.54) is 48.9 Å². The summed E-state index contributed by atoms with van der Waals surface area (Å²) < 4.78 is 0. The van der Waals surface area contributed by atoms with Gasteiger partial charge in [-0.15, -0.1) is 0 Å². The molecular weight excluding hydrogens is 334 g/mol. The van der Waals surface area contributed by atoms with Gasteiger partial charge in [0.1, 0.15) is 0 Å². The van der Waals surface area contributed by atoms with Crippen molar-refractivity contribution >= 4 is 5.91 Å². The molecule has 27 heavy (non-hydrogen) atoms. The first-order chi connectivity index (χ1) is 13.0. The van der Waals surface area contributed by atoms with Gasteiger partial charge in [0.05, 0.1) is 5.41 Å². The molecule has 0 spiro atoms. The number of nitrogens with two attached hydrogens (primary N) is 1. The van der Waals surface area contributed by atoms with Crippen molar-refractivity contribution in [1.29, 1.82) is 0 Å². The van der Waals surface area contributed by atoms with E-state index >= 15 is 0 Å². The molecule has 2 unspecified atom stereocenters. The van der Waals surface area contributed by atoms with Crippen molar-refractivity contribution in [2.45, 2.75) is 90.1 Å². The highest BCUT2D eigenvalue weighted by Gasteiger charge is 2.48. The van der Waals surface area contributed by atoms with Crippen molar-refractivity contribution in [1.82, 2.24) is 9.88 Å². The lowest BCUT2D eigenvalue weighted by Crippen LogP contribution is -2.48. The third-order valence-corrected chi connectivity index (χ3v) is 7.54. The van der Waals surface area contributed by atoms with Crippen LogP contribution in [0.15, 0.2) is 12.3 Å². The number of rotatable bonds is 3. The molecule has 2 atom stereocenters.